The zero-order valence-electron chi connectivity index (χ0n) is 8.53. The van der Waals surface area contributed by atoms with Crippen LogP contribution in [0.5, 0.6) is 0 Å². The van der Waals surface area contributed by atoms with Gasteiger partial charge < -0.3 is 0 Å². The van der Waals surface area contributed by atoms with Crippen LogP contribution in [0, 0.1) is 5.82 Å². The lowest BCUT2D eigenvalue weighted by atomic mass is 10.3. The minimum absolute atomic E-state index is 0.0695. The average Bonchev–Trinajstić information content (AvgIpc) is 2.14. The molecule has 0 amide bonds. The zero-order chi connectivity index (χ0) is 11.3. The Labute approximate surface area is 89.4 Å². The Hall–Kier alpha value is -1.10. The highest BCUT2D eigenvalue weighted by Gasteiger charge is 2.09. The second kappa shape index (κ2) is 5.11. The Morgan fingerprint density at radius 2 is 2.13 bits per heavy atom. The van der Waals surface area contributed by atoms with Crippen LogP contribution in [0.15, 0.2) is 24.3 Å². The van der Waals surface area contributed by atoms with E-state index in [0.29, 0.717) is 6.42 Å². The quantitative estimate of drug-likeness (QED) is 0.845. The van der Waals surface area contributed by atoms with Gasteiger partial charge in [0.05, 0.1) is 11.4 Å². The number of unbranched alkanes of at least 4 members (excludes halogenated alkanes) is 1. The van der Waals surface area contributed by atoms with Crippen molar-refractivity contribution in [1.82, 2.24) is 0 Å². The Bertz CT molecular complexity index is 417. The lowest BCUT2D eigenvalue weighted by molar-refractivity contribution is 0.597. The molecule has 0 saturated heterocycles. The molecule has 1 rings (SSSR count). The van der Waals surface area contributed by atoms with Crippen molar-refractivity contribution in [2.75, 3.05) is 10.5 Å². The fraction of sp³-hybridized carbons (Fsp3) is 0.400. The van der Waals surface area contributed by atoms with E-state index in [4.69, 9.17) is 0 Å². The highest BCUT2D eigenvalue weighted by Crippen LogP contribution is 2.11. The van der Waals surface area contributed by atoms with Crippen LogP contribution in [0.3, 0.4) is 0 Å². The van der Waals surface area contributed by atoms with Crippen LogP contribution in [0.2, 0.25) is 0 Å². The molecule has 15 heavy (non-hydrogen) atoms. The SMILES string of the molecule is CCCCS(=O)(=O)Nc1cccc(F)c1. The number of sulfonamides is 1. The molecule has 0 spiro atoms. The summed E-state index contributed by atoms with van der Waals surface area (Å²) in [5.41, 5.74) is 0.270. The Morgan fingerprint density at radius 1 is 1.40 bits per heavy atom. The molecule has 0 heterocycles. The van der Waals surface area contributed by atoms with E-state index < -0.39 is 15.8 Å². The van der Waals surface area contributed by atoms with E-state index in [1.807, 2.05) is 6.92 Å². The molecule has 0 atom stereocenters. The van der Waals surface area contributed by atoms with Gasteiger partial charge in [-0.05, 0) is 24.6 Å². The lowest BCUT2D eigenvalue weighted by Crippen LogP contribution is -2.16. The summed E-state index contributed by atoms with van der Waals surface area (Å²) in [6.45, 7) is 1.91. The van der Waals surface area contributed by atoms with Crippen LogP contribution in [0.25, 0.3) is 0 Å². The highest BCUT2D eigenvalue weighted by atomic mass is 32.2. The van der Waals surface area contributed by atoms with E-state index in [-0.39, 0.29) is 11.4 Å². The van der Waals surface area contributed by atoms with Gasteiger partial charge in [-0.1, -0.05) is 19.4 Å². The fourth-order valence-corrected chi connectivity index (χ4v) is 2.37. The van der Waals surface area contributed by atoms with Gasteiger partial charge in [0.25, 0.3) is 0 Å². The molecule has 0 fully saturated rings. The Morgan fingerprint density at radius 3 is 2.73 bits per heavy atom. The molecule has 5 heteroatoms. The van der Waals surface area contributed by atoms with Gasteiger partial charge in [-0.15, -0.1) is 0 Å². The maximum atomic E-state index is 12.8. The molecule has 1 aromatic rings. The summed E-state index contributed by atoms with van der Waals surface area (Å²) in [4.78, 5) is 0. The predicted molar refractivity (Wildman–Crippen MR) is 58.7 cm³/mol. The van der Waals surface area contributed by atoms with E-state index in [2.05, 4.69) is 4.72 Å². The minimum Gasteiger partial charge on any atom is -0.283 e. The second-order valence-corrected chi connectivity index (χ2v) is 5.13. The Kier molecular flexibility index (Phi) is 4.08. The predicted octanol–water partition coefficient (Wildman–Crippen LogP) is 2.37. The van der Waals surface area contributed by atoms with Crippen LogP contribution in [-0.2, 0) is 10.0 Å². The maximum absolute atomic E-state index is 12.8. The fourth-order valence-electron chi connectivity index (χ4n) is 1.12. The number of anilines is 1. The molecule has 1 aromatic carbocycles. The van der Waals surface area contributed by atoms with Crippen molar-refractivity contribution in [2.24, 2.45) is 0 Å². The van der Waals surface area contributed by atoms with Crippen LogP contribution in [0.1, 0.15) is 19.8 Å². The summed E-state index contributed by atoms with van der Waals surface area (Å²) in [6.07, 6.45) is 1.41. The molecule has 0 unspecified atom stereocenters. The van der Waals surface area contributed by atoms with Crippen molar-refractivity contribution in [2.45, 2.75) is 19.8 Å². The number of halogens is 1. The van der Waals surface area contributed by atoms with Crippen molar-refractivity contribution in [3.05, 3.63) is 30.1 Å². The topological polar surface area (TPSA) is 46.2 Å². The molecule has 0 bridgehead atoms. The summed E-state index contributed by atoms with van der Waals surface area (Å²) in [5.74, 6) is -0.384. The third-order valence-corrected chi connectivity index (χ3v) is 3.24. The summed E-state index contributed by atoms with van der Waals surface area (Å²) in [7, 11) is -3.33. The van der Waals surface area contributed by atoms with Gasteiger partial charge in [0.2, 0.25) is 10.0 Å². The van der Waals surface area contributed by atoms with Crippen molar-refractivity contribution in [3.63, 3.8) is 0 Å². The monoisotopic (exact) mass is 231 g/mol. The Balaban J connectivity index is 2.69. The van der Waals surface area contributed by atoms with Gasteiger partial charge in [0.1, 0.15) is 5.82 Å². The molecule has 0 radical (unpaired) electrons. The van der Waals surface area contributed by atoms with E-state index in [0.717, 1.165) is 12.5 Å². The van der Waals surface area contributed by atoms with Gasteiger partial charge in [0.15, 0.2) is 0 Å². The molecule has 0 aromatic heterocycles. The maximum Gasteiger partial charge on any atom is 0.232 e. The summed E-state index contributed by atoms with van der Waals surface area (Å²) < 4.78 is 38.0. The first-order valence-corrected chi connectivity index (χ1v) is 6.45. The minimum atomic E-state index is -3.33. The molecule has 0 saturated carbocycles. The third kappa shape index (κ3) is 4.29. The van der Waals surface area contributed by atoms with Gasteiger partial charge in [-0.3, -0.25) is 4.72 Å². The third-order valence-electron chi connectivity index (χ3n) is 1.86. The molecule has 0 aliphatic rings. The van der Waals surface area contributed by atoms with E-state index >= 15 is 0 Å². The molecule has 84 valence electrons. The van der Waals surface area contributed by atoms with E-state index in [9.17, 15) is 12.8 Å². The summed E-state index contributed by atoms with van der Waals surface area (Å²) >= 11 is 0. The number of benzene rings is 1. The lowest BCUT2D eigenvalue weighted by Gasteiger charge is -2.06. The van der Waals surface area contributed by atoms with Gasteiger partial charge in [-0.2, -0.15) is 0 Å². The zero-order valence-corrected chi connectivity index (χ0v) is 9.35. The van der Waals surface area contributed by atoms with Crippen LogP contribution >= 0.6 is 0 Å². The van der Waals surface area contributed by atoms with E-state index in [1.54, 1.807) is 0 Å². The summed E-state index contributed by atoms with van der Waals surface area (Å²) in [5, 5.41) is 0. The van der Waals surface area contributed by atoms with Crippen LogP contribution in [0.4, 0.5) is 10.1 Å². The molecule has 1 N–H and O–H groups in total. The smallest absolute Gasteiger partial charge is 0.232 e. The van der Waals surface area contributed by atoms with Gasteiger partial charge in [-0.25, -0.2) is 12.8 Å². The van der Waals surface area contributed by atoms with Crippen molar-refractivity contribution in [1.29, 1.82) is 0 Å². The number of hydrogen-bond acceptors (Lipinski definition) is 2. The van der Waals surface area contributed by atoms with Crippen molar-refractivity contribution >= 4 is 15.7 Å². The number of nitrogens with one attached hydrogen (secondary N) is 1. The van der Waals surface area contributed by atoms with Crippen LogP contribution < -0.4 is 4.72 Å². The first-order chi connectivity index (χ1) is 7.03. The number of hydrogen-bond donors (Lipinski definition) is 1. The van der Waals surface area contributed by atoms with Crippen LogP contribution in [-0.4, -0.2) is 14.2 Å². The molecule has 3 nitrogen and oxygen atoms in total. The van der Waals surface area contributed by atoms with Gasteiger partial charge in [0, 0.05) is 0 Å². The summed E-state index contributed by atoms with van der Waals surface area (Å²) in [6, 6.07) is 5.41. The van der Waals surface area contributed by atoms with E-state index in [1.165, 1.54) is 18.2 Å². The standard InChI is InChI=1S/C10H14FNO2S/c1-2-3-7-15(13,14)12-10-6-4-5-9(11)8-10/h4-6,8,12H,2-3,7H2,1H3. The first-order valence-electron chi connectivity index (χ1n) is 4.79. The highest BCUT2D eigenvalue weighted by molar-refractivity contribution is 7.92. The van der Waals surface area contributed by atoms with Gasteiger partial charge >= 0.3 is 0 Å². The molecular formula is C10H14FNO2S. The first kappa shape index (κ1) is 12.0. The van der Waals surface area contributed by atoms with Crippen molar-refractivity contribution in [3.8, 4) is 0 Å². The molecule has 0 aliphatic heterocycles. The molecule has 0 aliphatic carbocycles. The second-order valence-electron chi connectivity index (χ2n) is 3.28. The van der Waals surface area contributed by atoms with Crippen molar-refractivity contribution < 1.29 is 12.8 Å². The largest absolute Gasteiger partial charge is 0.283 e. The molecular weight excluding hydrogens is 217 g/mol. The number of rotatable bonds is 5. The average molecular weight is 231 g/mol. The normalized spacial score (nSPS) is 11.3.